The Morgan fingerprint density at radius 2 is 1.83 bits per heavy atom. The first-order valence-corrected chi connectivity index (χ1v) is 7.49. The molecule has 3 N–H and O–H groups in total. The van der Waals surface area contributed by atoms with Gasteiger partial charge in [0.25, 0.3) is 5.91 Å². The Kier molecular flexibility index (Phi) is 5.65. The Balaban J connectivity index is 1.97. The largest absolute Gasteiger partial charge is 0.497 e. The standard InChI is InChI=1S/C17H17ClN2O4/c1-10(16(21)20-12-4-6-13(23-2)7-5-12)24-17(22)11-3-8-14(18)15(19)9-11/h3-10H,19H2,1-2H3,(H,20,21)/t10-/m0/s1. The van der Waals surface area contributed by atoms with Crippen LogP contribution in [0.1, 0.15) is 17.3 Å². The number of benzene rings is 2. The van der Waals surface area contributed by atoms with Crippen LogP contribution in [0.15, 0.2) is 42.5 Å². The topological polar surface area (TPSA) is 90.6 Å². The number of carbonyl (C=O) groups excluding carboxylic acids is 2. The van der Waals surface area contributed by atoms with E-state index >= 15 is 0 Å². The molecule has 0 fully saturated rings. The van der Waals surface area contributed by atoms with Gasteiger partial charge in [-0.3, -0.25) is 4.79 Å². The Labute approximate surface area is 144 Å². The van der Waals surface area contributed by atoms with Crippen LogP contribution in [-0.4, -0.2) is 25.1 Å². The lowest BCUT2D eigenvalue weighted by Crippen LogP contribution is -2.30. The van der Waals surface area contributed by atoms with Crippen molar-refractivity contribution in [3.8, 4) is 5.75 Å². The fourth-order valence-corrected chi connectivity index (χ4v) is 1.99. The normalized spacial score (nSPS) is 11.5. The summed E-state index contributed by atoms with van der Waals surface area (Å²) >= 11 is 5.80. The predicted molar refractivity (Wildman–Crippen MR) is 92.4 cm³/mol. The second kappa shape index (κ2) is 7.70. The summed E-state index contributed by atoms with van der Waals surface area (Å²) in [6.07, 6.45) is -0.975. The number of hydrogen-bond acceptors (Lipinski definition) is 5. The minimum atomic E-state index is -0.975. The summed E-state index contributed by atoms with van der Waals surface area (Å²) < 4.78 is 10.2. The molecule has 0 bridgehead atoms. The van der Waals surface area contributed by atoms with Gasteiger partial charge < -0.3 is 20.5 Å². The summed E-state index contributed by atoms with van der Waals surface area (Å²) in [6, 6.07) is 11.2. The molecule has 24 heavy (non-hydrogen) atoms. The van der Waals surface area contributed by atoms with Crippen molar-refractivity contribution in [2.45, 2.75) is 13.0 Å². The first kappa shape index (κ1) is 17.6. The van der Waals surface area contributed by atoms with Crippen LogP contribution in [0.25, 0.3) is 0 Å². The number of nitrogens with one attached hydrogen (secondary N) is 1. The number of halogens is 1. The molecule has 0 radical (unpaired) electrons. The SMILES string of the molecule is COc1ccc(NC(=O)[C@H](C)OC(=O)c2ccc(Cl)c(N)c2)cc1. The van der Waals surface area contributed by atoms with Gasteiger partial charge in [-0.05, 0) is 49.4 Å². The van der Waals surface area contributed by atoms with E-state index in [2.05, 4.69) is 5.32 Å². The van der Waals surface area contributed by atoms with Gasteiger partial charge in [-0.15, -0.1) is 0 Å². The zero-order chi connectivity index (χ0) is 17.7. The van der Waals surface area contributed by atoms with E-state index in [1.54, 1.807) is 31.4 Å². The monoisotopic (exact) mass is 348 g/mol. The van der Waals surface area contributed by atoms with Crippen molar-refractivity contribution < 1.29 is 19.1 Å². The molecular formula is C17H17ClN2O4. The second-order valence-corrected chi connectivity index (χ2v) is 5.41. The summed E-state index contributed by atoms with van der Waals surface area (Å²) in [5.41, 5.74) is 6.70. The number of carbonyl (C=O) groups is 2. The third-order valence-corrected chi connectivity index (χ3v) is 3.59. The molecule has 0 spiro atoms. The highest BCUT2D eigenvalue weighted by molar-refractivity contribution is 6.33. The zero-order valence-electron chi connectivity index (χ0n) is 13.2. The van der Waals surface area contributed by atoms with E-state index in [1.165, 1.54) is 25.1 Å². The van der Waals surface area contributed by atoms with E-state index in [1.807, 2.05) is 0 Å². The average Bonchev–Trinajstić information content (AvgIpc) is 2.57. The molecule has 126 valence electrons. The van der Waals surface area contributed by atoms with Gasteiger partial charge in [0.15, 0.2) is 6.10 Å². The maximum Gasteiger partial charge on any atom is 0.338 e. The van der Waals surface area contributed by atoms with E-state index in [4.69, 9.17) is 26.8 Å². The number of rotatable bonds is 5. The van der Waals surface area contributed by atoms with Crippen LogP contribution in [0.3, 0.4) is 0 Å². The molecule has 0 unspecified atom stereocenters. The molecule has 0 aromatic heterocycles. The van der Waals surface area contributed by atoms with Crippen LogP contribution in [0.5, 0.6) is 5.75 Å². The number of esters is 1. The van der Waals surface area contributed by atoms with Crippen molar-refractivity contribution in [1.82, 2.24) is 0 Å². The molecule has 1 atom stereocenters. The third-order valence-electron chi connectivity index (χ3n) is 3.24. The van der Waals surface area contributed by atoms with Crippen molar-refractivity contribution in [2.75, 3.05) is 18.2 Å². The lowest BCUT2D eigenvalue weighted by molar-refractivity contribution is -0.123. The number of nitrogen functional groups attached to an aromatic ring is 1. The van der Waals surface area contributed by atoms with Crippen LogP contribution in [0, 0.1) is 0 Å². The van der Waals surface area contributed by atoms with Crippen molar-refractivity contribution in [3.05, 3.63) is 53.1 Å². The van der Waals surface area contributed by atoms with E-state index in [-0.39, 0.29) is 11.3 Å². The van der Waals surface area contributed by atoms with E-state index in [0.29, 0.717) is 16.5 Å². The molecule has 0 aliphatic heterocycles. The second-order valence-electron chi connectivity index (χ2n) is 5.00. The molecule has 7 heteroatoms. The van der Waals surface area contributed by atoms with Crippen molar-refractivity contribution in [2.24, 2.45) is 0 Å². The first-order chi connectivity index (χ1) is 11.4. The van der Waals surface area contributed by atoms with Crippen LogP contribution < -0.4 is 15.8 Å². The third kappa shape index (κ3) is 4.39. The molecule has 0 saturated carbocycles. The number of ether oxygens (including phenoxy) is 2. The molecule has 0 saturated heterocycles. The highest BCUT2D eigenvalue weighted by atomic mass is 35.5. The zero-order valence-corrected chi connectivity index (χ0v) is 14.0. The smallest absolute Gasteiger partial charge is 0.338 e. The van der Waals surface area contributed by atoms with Crippen molar-refractivity contribution in [1.29, 1.82) is 0 Å². The first-order valence-electron chi connectivity index (χ1n) is 7.11. The van der Waals surface area contributed by atoms with Crippen LogP contribution in [0.2, 0.25) is 5.02 Å². The fourth-order valence-electron chi connectivity index (χ4n) is 1.87. The summed E-state index contributed by atoms with van der Waals surface area (Å²) in [5, 5.41) is 3.00. The lowest BCUT2D eigenvalue weighted by Gasteiger charge is -2.14. The van der Waals surface area contributed by atoms with Gasteiger partial charge in [-0.2, -0.15) is 0 Å². The average molecular weight is 349 g/mol. The fraction of sp³-hybridized carbons (Fsp3) is 0.176. The van der Waals surface area contributed by atoms with Gasteiger partial charge in [-0.25, -0.2) is 4.79 Å². The number of anilines is 2. The molecule has 2 aromatic rings. The highest BCUT2D eigenvalue weighted by Crippen LogP contribution is 2.20. The van der Waals surface area contributed by atoms with Gasteiger partial charge in [-0.1, -0.05) is 11.6 Å². The maximum absolute atomic E-state index is 12.1. The number of nitrogens with two attached hydrogens (primary N) is 1. The van der Waals surface area contributed by atoms with Gasteiger partial charge in [0.2, 0.25) is 0 Å². The van der Waals surface area contributed by atoms with E-state index in [9.17, 15) is 9.59 Å². The molecule has 0 aliphatic carbocycles. The maximum atomic E-state index is 12.1. The Hall–Kier alpha value is -2.73. The van der Waals surface area contributed by atoms with E-state index in [0.717, 1.165) is 0 Å². The van der Waals surface area contributed by atoms with Gasteiger partial charge in [0, 0.05) is 5.69 Å². The summed E-state index contributed by atoms with van der Waals surface area (Å²) in [4.78, 5) is 24.1. The van der Waals surface area contributed by atoms with E-state index < -0.39 is 18.0 Å². The molecule has 0 heterocycles. The summed E-state index contributed by atoms with van der Waals surface area (Å²) in [7, 11) is 1.55. The molecule has 0 aliphatic rings. The number of methoxy groups -OCH3 is 1. The van der Waals surface area contributed by atoms with Crippen LogP contribution >= 0.6 is 11.6 Å². The number of hydrogen-bond donors (Lipinski definition) is 2. The summed E-state index contributed by atoms with van der Waals surface area (Å²) in [6.45, 7) is 1.48. The highest BCUT2D eigenvalue weighted by Gasteiger charge is 2.19. The Bertz CT molecular complexity index is 747. The molecule has 1 amide bonds. The predicted octanol–water partition coefficient (Wildman–Crippen LogP) is 3.11. The number of amides is 1. The minimum Gasteiger partial charge on any atom is -0.497 e. The van der Waals surface area contributed by atoms with Crippen LogP contribution in [-0.2, 0) is 9.53 Å². The molecule has 2 aromatic carbocycles. The quantitative estimate of drug-likeness (QED) is 0.640. The van der Waals surface area contributed by atoms with Gasteiger partial charge in [0.1, 0.15) is 5.75 Å². The van der Waals surface area contributed by atoms with Crippen molar-refractivity contribution in [3.63, 3.8) is 0 Å². The Morgan fingerprint density at radius 1 is 1.17 bits per heavy atom. The van der Waals surface area contributed by atoms with Gasteiger partial charge >= 0.3 is 5.97 Å². The Morgan fingerprint density at radius 3 is 2.42 bits per heavy atom. The van der Waals surface area contributed by atoms with Crippen molar-refractivity contribution >= 4 is 34.9 Å². The lowest BCUT2D eigenvalue weighted by atomic mass is 10.2. The van der Waals surface area contributed by atoms with Crippen LogP contribution in [0.4, 0.5) is 11.4 Å². The minimum absolute atomic E-state index is 0.223. The molecular weight excluding hydrogens is 332 g/mol. The molecule has 2 rings (SSSR count). The molecule has 6 nitrogen and oxygen atoms in total. The summed E-state index contributed by atoms with van der Waals surface area (Å²) in [5.74, 6) is -0.431. The van der Waals surface area contributed by atoms with Gasteiger partial charge in [0.05, 0.1) is 23.4 Å².